The van der Waals surface area contributed by atoms with Crippen molar-refractivity contribution in [3.8, 4) is 18.1 Å². The van der Waals surface area contributed by atoms with Crippen LogP contribution in [-0.4, -0.2) is 7.11 Å². The lowest BCUT2D eigenvalue weighted by Gasteiger charge is -2.07. The molecule has 0 bridgehead atoms. The van der Waals surface area contributed by atoms with Crippen molar-refractivity contribution in [3.05, 3.63) is 28.8 Å². The minimum Gasteiger partial charge on any atom is -0.493 e. The third-order valence-corrected chi connectivity index (χ3v) is 1.75. The van der Waals surface area contributed by atoms with Gasteiger partial charge in [0, 0.05) is 5.56 Å². The Labute approximate surface area is 75.3 Å². The third kappa shape index (κ3) is 1.48. The first kappa shape index (κ1) is 9.53. The SMILES string of the molecule is C#Cc1cc(F)c(OC)c(C)c1F. The van der Waals surface area contributed by atoms with Crippen LogP contribution in [0.25, 0.3) is 0 Å². The van der Waals surface area contributed by atoms with Gasteiger partial charge in [0.25, 0.3) is 0 Å². The third-order valence-electron chi connectivity index (χ3n) is 1.75. The minimum absolute atomic E-state index is 0.0872. The van der Waals surface area contributed by atoms with Gasteiger partial charge in [-0.05, 0) is 13.0 Å². The average Bonchev–Trinajstić information content (AvgIpc) is 2.12. The molecule has 0 atom stereocenters. The number of terminal acetylenes is 1. The molecular formula is C10H8F2O. The van der Waals surface area contributed by atoms with Crippen LogP contribution in [0.4, 0.5) is 8.78 Å². The van der Waals surface area contributed by atoms with E-state index in [1.807, 2.05) is 0 Å². The topological polar surface area (TPSA) is 9.23 Å². The van der Waals surface area contributed by atoms with Crippen molar-refractivity contribution in [3.63, 3.8) is 0 Å². The zero-order chi connectivity index (χ0) is 10.0. The second-order valence-corrected chi connectivity index (χ2v) is 2.52. The summed E-state index contributed by atoms with van der Waals surface area (Å²) < 4.78 is 31.0. The van der Waals surface area contributed by atoms with Crippen LogP contribution >= 0.6 is 0 Å². The van der Waals surface area contributed by atoms with E-state index < -0.39 is 11.6 Å². The van der Waals surface area contributed by atoms with Crippen molar-refractivity contribution >= 4 is 0 Å². The van der Waals surface area contributed by atoms with E-state index in [0.29, 0.717) is 0 Å². The summed E-state index contributed by atoms with van der Waals surface area (Å²) in [5.41, 5.74) is 0.00579. The highest BCUT2D eigenvalue weighted by Crippen LogP contribution is 2.26. The molecule has 0 aliphatic carbocycles. The molecule has 0 saturated carbocycles. The molecule has 0 radical (unpaired) electrons. The van der Waals surface area contributed by atoms with Gasteiger partial charge >= 0.3 is 0 Å². The molecule has 0 heterocycles. The number of hydrogen-bond acceptors (Lipinski definition) is 1. The van der Waals surface area contributed by atoms with Crippen LogP contribution in [0, 0.1) is 30.9 Å². The smallest absolute Gasteiger partial charge is 0.166 e. The van der Waals surface area contributed by atoms with Crippen molar-refractivity contribution in [1.29, 1.82) is 0 Å². The molecule has 3 heteroatoms. The summed E-state index contributed by atoms with van der Waals surface area (Å²) in [4.78, 5) is 0. The van der Waals surface area contributed by atoms with E-state index in [4.69, 9.17) is 6.42 Å². The maximum absolute atomic E-state index is 13.2. The molecule has 0 aliphatic heterocycles. The van der Waals surface area contributed by atoms with Gasteiger partial charge < -0.3 is 4.74 Å². The lowest BCUT2D eigenvalue weighted by molar-refractivity contribution is 0.378. The van der Waals surface area contributed by atoms with Gasteiger partial charge in [-0.15, -0.1) is 6.42 Å². The van der Waals surface area contributed by atoms with E-state index in [9.17, 15) is 8.78 Å². The first-order chi connectivity index (χ1) is 6.11. The highest BCUT2D eigenvalue weighted by molar-refractivity contribution is 5.45. The molecule has 0 amide bonds. The second-order valence-electron chi connectivity index (χ2n) is 2.52. The Bertz CT molecular complexity index is 374. The molecule has 0 unspecified atom stereocenters. The summed E-state index contributed by atoms with van der Waals surface area (Å²) in [6.45, 7) is 1.41. The molecule has 1 aromatic carbocycles. The van der Waals surface area contributed by atoms with Crippen molar-refractivity contribution in [1.82, 2.24) is 0 Å². The van der Waals surface area contributed by atoms with E-state index in [1.165, 1.54) is 14.0 Å². The number of methoxy groups -OCH3 is 1. The van der Waals surface area contributed by atoms with Crippen LogP contribution in [0.3, 0.4) is 0 Å². The summed E-state index contributed by atoms with van der Waals surface area (Å²) in [5, 5.41) is 0. The molecule has 0 aliphatic rings. The predicted molar refractivity (Wildman–Crippen MR) is 45.6 cm³/mol. The molecule has 68 valence electrons. The fraction of sp³-hybridized carbons (Fsp3) is 0.200. The summed E-state index contributed by atoms with van der Waals surface area (Å²) in [6.07, 6.45) is 4.98. The standard InChI is InChI=1S/C10H8F2O/c1-4-7-5-8(11)10(13-3)6(2)9(7)12/h1,5H,2-3H3. The molecule has 0 aromatic heterocycles. The summed E-state index contributed by atoms with van der Waals surface area (Å²) in [5.74, 6) is 0.703. The number of hydrogen-bond donors (Lipinski definition) is 0. The maximum Gasteiger partial charge on any atom is 0.166 e. The Morgan fingerprint density at radius 2 is 2.08 bits per heavy atom. The molecular weight excluding hydrogens is 174 g/mol. The normalized spacial score (nSPS) is 9.46. The molecule has 1 rings (SSSR count). The first-order valence-electron chi connectivity index (χ1n) is 3.61. The van der Waals surface area contributed by atoms with Gasteiger partial charge in [0.2, 0.25) is 0 Å². The van der Waals surface area contributed by atoms with E-state index in [1.54, 1.807) is 0 Å². The first-order valence-corrected chi connectivity index (χ1v) is 3.61. The van der Waals surface area contributed by atoms with Crippen LogP contribution in [0.15, 0.2) is 6.07 Å². The summed E-state index contributed by atoms with van der Waals surface area (Å²) in [7, 11) is 1.28. The number of benzene rings is 1. The monoisotopic (exact) mass is 182 g/mol. The van der Waals surface area contributed by atoms with Gasteiger partial charge in [-0.25, -0.2) is 8.78 Å². The van der Waals surface area contributed by atoms with E-state index >= 15 is 0 Å². The zero-order valence-electron chi connectivity index (χ0n) is 7.32. The van der Waals surface area contributed by atoms with E-state index in [2.05, 4.69) is 10.7 Å². The Morgan fingerprint density at radius 3 is 2.54 bits per heavy atom. The van der Waals surface area contributed by atoms with E-state index in [-0.39, 0.29) is 16.9 Å². The van der Waals surface area contributed by atoms with Crippen molar-refractivity contribution < 1.29 is 13.5 Å². The number of rotatable bonds is 1. The maximum atomic E-state index is 13.2. The van der Waals surface area contributed by atoms with Gasteiger partial charge in [0.1, 0.15) is 5.82 Å². The van der Waals surface area contributed by atoms with Crippen molar-refractivity contribution in [2.75, 3.05) is 7.11 Å². The number of halogens is 2. The molecule has 0 fully saturated rings. The molecule has 0 spiro atoms. The van der Waals surface area contributed by atoms with Crippen LogP contribution in [-0.2, 0) is 0 Å². The van der Waals surface area contributed by atoms with E-state index in [0.717, 1.165) is 6.07 Å². The van der Waals surface area contributed by atoms with Crippen LogP contribution < -0.4 is 4.74 Å². The zero-order valence-corrected chi connectivity index (χ0v) is 7.32. The number of ether oxygens (including phenoxy) is 1. The lowest BCUT2D eigenvalue weighted by atomic mass is 10.1. The fourth-order valence-electron chi connectivity index (χ4n) is 1.09. The second kappa shape index (κ2) is 3.44. The Kier molecular flexibility index (Phi) is 2.52. The average molecular weight is 182 g/mol. The predicted octanol–water partition coefficient (Wildman–Crippen LogP) is 2.26. The van der Waals surface area contributed by atoms with Gasteiger partial charge in [0.05, 0.1) is 12.7 Å². The van der Waals surface area contributed by atoms with Gasteiger partial charge in [-0.2, -0.15) is 0 Å². The van der Waals surface area contributed by atoms with Crippen LogP contribution in [0.2, 0.25) is 0 Å². The molecule has 13 heavy (non-hydrogen) atoms. The van der Waals surface area contributed by atoms with Crippen LogP contribution in [0.1, 0.15) is 11.1 Å². The Morgan fingerprint density at radius 1 is 1.46 bits per heavy atom. The fourth-order valence-corrected chi connectivity index (χ4v) is 1.09. The van der Waals surface area contributed by atoms with Gasteiger partial charge in [0.15, 0.2) is 11.6 Å². The van der Waals surface area contributed by atoms with Crippen molar-refractivity contribution in [2.24, 2.45) is 0 Å². The molecule has 1 aromatic rings. The minimum atomic E-state index is -0.644. The Balaban J connectivity index is 3.48. The highest BCUT2D eigenvalue weighted by atomic mass is 19.1. The summed E-state index contributed by atoms with van der Waals surface area (Å²) in [6, 6.07) is 0.946. The quantitative estimate of drug-likeness (QED) is 0.605. The van der Waals surface area contributed by atoms with Gasteiger partial charge in [-0.1, -0.05) is 5.92 Å². The van der Waals surface area contributed by atoms with Crippen molar-refractivity contribution in [2.45, 2.75) is 6.92 Å². The largest absolute Gasteiger partial charge is 0.493 e. The Hall–Kier alpha value is -1.56. The molecule has 0 N–H and O–H groups in total. The molecule has 1 nitrogen and oxygen atoms in total. The van der Waals surface area contributed by atoms with Crippen LogP contribution in [0.5, 0.6) is 5.75 Å². The van der Waals surface area contributed by atoms with Gasteiger partial charge in [-0.3, -0.25) is 0 Å². The molecule has 0 saturated heterocycles. The highest BCUT2D eigenvalue weighted by Gasteiger charge is 2.14. The lowest BCUT2D eigenvalue weighted by Crippen LogP contribution is -1.97. The summed E-state index contributed by atoms with van der Waals surface area (Å²) >= 11 is 0.